The second kappa shape index (κ2) is 9.36. The standard InChI is InChI=1S/C17H20F3N5OS/c1-25(2)15(26)10-23-16(21-8-12-6-4-3-5-7-12)22-9-14-24-13(11-27-14)17(18,19)20/h3-7,11H,8-10H2,1-2H3,(H2,21,22,23). The van der Waals surface area contributed by atoms with Crippen molar-refractivity contribution in [3.8, 4) is 0 Å². The summed E-state index contributed by atoms with van der Waals surface area (Å²) in [4.78, 5) is 21.1. The van der Waals surface area contributed by atoms with Crippen molar-refractivity contribution in [3.05, 3.63) is 52.0 Å². The minimum absolute atomic E-state index is 0.0132. The first-order valence-corrected chi connectivity index (χ1v) is 8.91. The van der Waals surface area contributed by atoms with E-state index >= 15 is 0 Å². The highest BCUT2D eigenvalue weighted by atomic mass is 32.1. The predicted octanol–water partition coefficient (Wildman–Crippen LogP) is 2.49. The fraction of sp³-hybridized carbons (Fsp3) is 0.353. The molecule has 0 bridgehead atoms. The zero-order valence-electron chi connectivity index (χ0n) is 14.9. The summed E-state index contributed by atoms with van der Waals surface area (Å²) in [5.74, 6) is 0.163. The number of halogens is 3. The van der Waals surface area contributed by atoms with E-state index in [0.29, 0.717) is 12.5 Å². The molecule has 0 radical (unpaired) electrons. The van der Waals surface area contributed by atoms with E-state index in [0.717, 1.165) is 22.3 Å². The molecule has 0 aliphatic heterocycles. The average Bonchev–Trinajstić information content (AvgIpc) is 3.11. The molecule has 6 nitrogen and oxygen atoms in total. The molecule has 146 valence electrons. The molecule has 0 spiro atoms. The number of guanidine groups is 1. The molecule has 1 amide bonds. The SMILES string of the molecule is CN(C)C(=O)CNC(=NCc1ccccc1)NCc1nc(C(F)(F)F)cs1. The van der Waals surface area contributed by atoms with Gasteiger partial charge in [-0.2, -0.15) is 13.2 Å². The number of aliphatic imine (C=N–C) groups is 1. The van der Waals surface area contributed by atoms with Crippen LogP contribution in [0, 0.1) is 0 Å². The van der Waals surface area contributed by atoms with E-state index in [9.17, 15) is 18.0 Å². The van der Waals surface area contributed by atoms with E-state index in [1.807, 2.05) is 30.3 Å². The minimum atomic E-state index is -4.46. The Morgan fingerprint density at radius 3 is 2.52 bits per heavy atom. The van der Waals surface area contributed by atoms with E-state index in [-0.39, 0.29) is 24.0 Å². The number of benzene rings is 1. The zero-order valence-corrected chi connectivity index (χ0v) is 15.7. The molecule has 1 heterocycles. The number of hydrogen-bond acceptors (Lipinski definition) is 4. The zero-order chi connectivity index (χ0) is 19.9. The maximum absolute atomic E-state index is 12.6. The van der Waals surface area contributed by atoms with Crippen LogP contribution < -0.4 is 10.6 Å². The van der Waals surface area contributed by atoms with Crippen LogP contribution in [0.15, 0.2) is 40.7 Å². The first kappa shape index (κ1) is 20.7. The van der Waals surface area contributed by atoms with Crippen LogP contribution >= 0.6 is 11.3 Å². The van der Waals surface area contributed by atoms with Crippen LogP contribution in [0.5, 0.6) is 0 Å². The topological polar surface area (TPSA) is 69.6 Å². The Labute approximate surface area is 159 Å². The fourth-order valence-electron chi connectivity index (χ4n) is 1.93. The predicted molar refractivity (Wildman–Crippen MR) is 98.2 cm³/mol. The van der Waals surface area contributed by atoms with Gasteiger partial charge in [-0.1, -0.05) is 30.3 Å². The number of amides is 1. The summed E-state index contributed by atoms with van der Waals surface area (Å²) in [6.07, 6.45) is -4.46. The average molecular weight is 399 g/mol. The van der Waals surface area contributed by atoms with Crippen molar-refractivity contribution in [2.24, 2.45) is 4.99 Å². The van der Waals surface area contributed by atoms with E-state index in [1.165, 1.54) is 4.90 Å². The van der Waals surface area contributed by atoms with Crippen molar-refractivity contribution in [1.29, 1.82) is 0 Å². The molecule has 1 aromatic carbocycles. The van der Waals surface area contributed by atoms with E-state index in [4.69, 9.17) is 0 Å². The van der Waals surface area contributed by atoms with Gasteiger partial charge in [0.1, 0.15) is 5.01 Å². The van der Waals surface area contributed by atoms with E-state index in [1.54, 1.807) is 14.1 Å². The van der Waals surface area contributed by atoms with Gasteiger partial charge in [0.25, 0.3) is 0 Å². The Bertz CT molecular complexity index is 774. The number of alkyl halides is 3. The maximum atomic E-state index is 12.6. The molecule has 0 fully saturated rings. The number of rotatable bonds is 6. The number of carbonyl (C=O) groups excluding carboxylic acids is 1. The molecule has 2 aromatic rings. The van der Waals surface area contributed by atoms with Gasteiger partial charge in [0, 0.05) is 19.5 Å². The molecule has 27 heavy (non-hydrogen) atoms. The smallest absolute Gasteiger partial charge is 0.350 e. The Balaban J connectivity index is 2.02. The second-order valence-electron chi connectivity index (χ2n) is 5.77. The molecule has 0 saturated heterocycles. The Kier molecular flexibility index (Phi) is 7.17. The monoisotopic (exact) mass is 399 g/mol. The van der Waals surface area contributed by atoms with Crippen molar-refractivity contribution >= 4 is 23.2 Å². The van der Waals surface area contributed by atoms with Crippen molar-refractivity contribution in [3.63, 3.8) is 0 Å². The largest absolute Gasteiger partial charge is 0.434 e. The molecule has 0 saturated carbocycles. The van der Waals surface area contributed by atoms with Crippen LogP contribution in [0.1, 0.15) is 16.3 Å². The summed E-state index contributed by atoms with van der Waals surface area (Å²) in [6, 6.07) is 9.47. The first-order chi connectivity index (χ1) is 12.8. The van der Waals surface area contributed by atoms with Crippen molar-refractivity contribution in [1.82, 2.24) is 20.5 Å². The molecule has 0 aliphatic rings. The number of nitrogens with one attached hydrogen (secondary N) is 2. The Hall–Kier alpha value is -2.62. The fourth-order valence-corrected chi connectivity index (χ4v) is 2.67. The van der Waals surface area contributed by atoms with Gasteiger partial charge >= 0.3 is 6.18 Å². The van der Waals surface area contributed by atoms with Gasteiger partial charge in [-0.3, -0.25) is 4.79 Å². The number of hydrogen-bond donors (Lipinski definition) is 2. The van der Waals surface area contributed by atoms with Gasteiger partial charge in [-0.05, 0) is 5.56 Å². The van der Waals surface area contributed by atoms with Gasteiger partial charge in [0.2, 0.25) is 5.91 Å². The number of likely N-dealkylation sites (N-methyl/N-ethyl adjacent to an activating group) is 1. The lowest BCUT2D eigenvalue weighted by molar-refractivity contribution is -0.140. The second-order valence-corrected chi connectivity index (χ2v) is 6.71. The Morgan fingerprint density at radius 2 is 1.93 bits per heavy atom. The molecule has 1 aromatic heterocycles. The van der Waals surface area contributed by atoms with Crippen LogP contribution in [0.25, 0.3) is 0 Å². The summed E-state index contributed by atoms with van der Waals surface area (Å²) < 4.78 is 37.9. The number of carbonyl (C=O) groups is 1. The number of aromatic nitrogens is 1. The van der Waals surface area contributed by atoms with E-state index in [2.05, 4.69) is 20.6 Å². The molecule has 0 unspecified atom stereocenters. The summed E-state index contributed by atoms with van der Waals surface area (Å²) in [5.41, 5.74) is 0.0500. The maximum Gasteiger partial charge on any atom is 0.434 e. The van der Waals surface area contributed by atoms with Crippen LogP contribution in [0.3, 0.4) is 0 Å². The molecule has 0 aliphatic carbocycles. The third-order valence-electron chi connectivity index (χ3n) is 3.42. The minimum Gasteiger partial charge on any atom is -0.350 e. The summed E-state index contributed by atoms with van der Waals surface area (Å²) >= 11 is 0.911. The lowest BCUT2D eigenvalue weighted by Gasteiger charge is -2.14. The van der Waals surface area contributed by atoms with Gasteiger partial charge in [-0.15, -0.1) is 11.3 Å². The van der Waals surface area contributed by atoms with E-state index < -0.39 is 11.9 Å². The van der Waals surface area contributed by atoms with Crippen LogP contribution in [-0.4, -0.2) is 42.4 Å². The van der Waals surface area contributed by atoms with Crippen LogP contribution in [0.2, 0.25) is 0 Å². The van der Waals surface area contributed by atoms with Crippen molar-refractivity contribution in [2.75, 3.05) is 20.6 Å². The summed E-state index contributed by atoms with van der Waals surface area (Å²) in [7, 11) is 3.26. The van der Waals surface area contributed by atoms with Gasteiger partial charge in [0.05, 0.1) is 19.6 Å². The molecular weight excluding hydrogens is 379 g/mol. The van der Waals surface area contributed by atoms with Crippen molar-refractivity contribution in [2.45, 2.75) is 19.3 Å². The number of thiazole rings is 1. The lowest BCUT2D eigenvalue weighted by atomic mass is 10.2. The summed E-state index contributed by atoms with van der Waals surface area (Å²) in [6.45, 7) is 0.439. The molecule has 2 rings (SSSR count). The first-order valence-electron chi connectivity index (χ1n) is 8.03. The van der Waals surface area contributed by atoms with Crippen molar-refractivity contribution < 1.29 is 18.0 Å². The highest BCUT2D eigenvalue weighted by Gasteiger charge is 2.33. The van der Waals surface area contributed by atoms with Gasteiger partial charge in [-0.25, -0.2) is 9.98 Å². The third-order valence-corrected chi connectivity index (χ3v) is 4.27. The lowest BCUT2D eigenvalue weighted by Crippen LogP contribution is -2.42. The summed E-state index contributed by atoms with van der Waals surface area (Å²) in [5, 5.41) is 7.04. The molecular formula is C17H20F3N5OS. The highest BCUT2D eigenvalue weighted by Crippen LogP contribution is 2.29. The van der Waals surface area contributed by atoms with Gasteiger partial charge < -0.3 is 15.5 Å². The van der Waals surface area contributed by atoms with Crippen LogP contribution in [0.4, 0.5) is 13.2 Å². The van der Waals surface area contributed by atoms with Crippen LogP contribution in [-0.2, 0) is 24.1 Å². The Morgan fingerprint density at radius 1 is 1.22 bits per heavy atom. The molecule has 0 atom stereocenters. The van der Waals surface area contributed by atoms with Gasteiger partial charge in [0.15, 0.2) is 11.7 Å². The third kappa shape index (κ3) is 6.89. The molecule has 2 N–H and O–H groups in total. The quantitative estimate of drug-likeness (QED) is 0.579. The normalized spacial score (nSPS) is 12.0. The molecule has 10 heteroatoms. The number of nitrogens with zero attached hydrogens (tertiary/aromatic N) is 3. The highest BCUT2D eigenvalue weighted by molar-refractivity contribution is 7.09.